The summed E-state index contributed by atoms with van der Waals surface area (Å²) < 4.78 is 1.17. The van der Waals surface area contributed by atoms with E-state index in [0.29, 0.717) is 0 Å². The molecule has 1 heterocycles. The van der Waals surface area contributed by atoms with Gasteiger partial charge in [-0.1, -0.05) is 28.9 Å². The average Bonchev–Trinajstić information content (AvgIpc) is 2.41. The average molecular weight is 326 g/mol. The van der Waals surface area contributed by atoms with Crippen LogP contribution in [0.2, 0.25) is 0 Å². The van der Waals surface area contributed by atoms with Crippen LogP contribution < -0.4 is 10.2 Å². The van der Waals surface area contributed by atoms with Gasteiger partial charge < -0.3 is 15.1 Å². The Morgan fingerprint density at radius 2 is 1.95 bits per heavy atom. The van der Waals surface area contributed by atoms with E-state index in [1.807, 2.05) is 0 Å². The van der Waals surface area contributed by atoms with Gasteiger partial charge in [-0.05, 0) is 37.7 Å². The maximum Gasteiger partial charge on any atom is 0.0424 e. The first-order valence-electron chi connectivity index (χ1n) is 7.13. The molecule has 0 spiro atoms. The highest BCUT2D eigenvalue weighted by Crippen LogP contribution is 2.26. The molecule has 1 aliphatic heterocycles. The van der Waals surface area contributed by atoms with E-state index in [2.05, 4.69) is 63.2 Å². The molecule has 0 radical (unpaired) electrons. The Labute approximate surface area is 125 Å². The van der Waals surface area contributed by atoms with E-state index in [9.17, 15) is 0 Å². The summed E-state index contributed by atoms with van der Waals surface area (Å²) in [5, 5.41) is 3.51. The van der Waals surface area contributed by atoms with Crippen LogP contribution in [0.1, 0.15) is 18.9 Å². The highest BCUT2D eigenvalue weighted by atomic mass is 79.9. The molecular weight excluding hydrogens is 302 g/mol. The van der Waals surface area contributed by atoms with Crippen LogP contribution >= 0.6 is 15.9 Å². The van der Waals surface area contributed by atoms with Gasteiger partial charge in [-0.2, -0.15) is 0 Å². The van der Waals surface area contributed by atoms with Gasteiger partial charge in [0.05, 0.1) is 0 Å². The number of anilines is 1. The summed E-state index contributed by atoms with van der Waals surface area (Å²) in [7, 11) is 2.20. The number of nitrogens with zero attached hydrogens (tertiary/aromatic N) is 2. The molecule has 106 valence electrons. The lowest BCUT2D eigenvalue weighted by molar-refractivity contribution is 0.312. The van der Waals surface area contributed by atoms with Crippen LogP contribution in [0.4, 0.5) is 5.69 Å². The van der Waals surface area contributed by atoms with E-state index in [-0.39, 0.29) is 0 Å². The lowest BCUT2D eigenvalue weighted by atomic mass is 10.1. The molecule has 1 saturated heterocycles. The number of hydrogen-bond acceptors (Lipinski definition) is 3. The Bertz CT molecular complexity index is 400. The van der Waals surface area contributed by atoms with Gasteiger partial charge in [-0.25, -0.2) is 0 Å². The zero-order chi connectivity index (χ0) is 13.7. The Morgan fingerprint density at radius 1 is 1.21 bits per heavy atom. The number of halogens is 1. The first-order chi connectivity index (χ1) is 9.20. The Hall–Kier alpha value is -0.580. The zero-order valence-corrected chi connectivity index (χ0v) is 13.5. The third kappa shape index (κ3) is 4.20. The van der Waals surface area contributed by atoms with Gasteiger partial charge in [0.15, 0.2) is 0 Å². The number of benzene rings is 1. The predicted molar refractivity (Wildman–Crippen MR) is 85.8 cm³/mol. The quantitative estimate of drug-likeness (QED) is 0.840. The van der Waals surface area contributed by atoms with Gasteiger partial charge >= 0.3 is 0 Å². The molecule has 0 aromatic heterocycles. The van der Waals surface area contributed by atoms with Crippen LogP contribution in [-0.4, -0.2) is 44.7 Å². The van der Waals surface area contributed by atoms with Gasteiger partial charge in [0.2, 0.25) is 0 Å². The summed E-state index contributed by atoms with van der Waals surface area (Å²) in [5.41, 5.74) is 2.78. The van der Waals surface area contributed by atoms with Crippen LogP contribution in [0.25, 0.3) is 0 Å². The molecule has 4 heteroatoms. The highest BCUT2D eigenvalue weighted by molar-refractivity contribution is 9.10. The van der Waals surface area contributed by atoms with Crippen LogP contribution in [0.15, 0.2) is 22.7 Å². The maximum atomic E-state index is 3.60. The fourth-order valence-electron chi connectivity index (χ4n) is 2.43. The van der Waals surface area contributed by atoms with Crippen molar-refractivity contribution >= 4 is 21.6 Å². The first kappa shape index (κ1) is 14.8. The van der Waals surface area contributed by atoms with Gasteiger partial charge in [0.25, 0.3) is 0 Å². The fourth-order valence-corrected chi connectivity index (χ4v) is 2.78. The normalized spacial score (nSPS) is 16.9. The molecular formula is C15H24BrN3. The smallest absolute Gasteiger partial charge is 0.0424 e. The SMILES string of the molecule is CCCNCc1ccc(Br)cc1N1CCN(C)CC1. The van der Waals surface area contributed by atoms with Crippen molar-refractivity contribution in [1.82, 2.24) is 10.2 Å². The van der Waals surface area contributed by atoms with E-state index in [0.717, 1.165) is 39.3 Å². The van der Waals surface area contributed by atoms with Gasteiger partial charge in [0.1, 0.15) is 0 Å². The third-order valence-electron chi connectivity index (χ3n) is 3.63. The summed E-state index contributed by atoms with van der Waals surface area (Å²) in [6.07, 6.45) is 1.18. The monoisotopic (exact) mass is 325 g/mol. The molecule has 1 fully saturated rings. The van der Waals surface area contributed by atoms with Crippen molar-refractivity contribution in [3.63, 3.8) is 0 Å². The molecule has 0 atom stereocenters. The van der Waals surface area contributed by atoms with Crippen molar-refractivity contribution in [3.05, 3.63) is 28.2 Å². The number of likely N-dealkylation sites (N-methyl/N-ethyl adjacent to an activating group) is 1. The third-order valence-corrected chi connectivity index (χ3v) is 4.13. The minimum Gasteiger partial charge on any atom is -0.369 e. The van der Waals surface area contributed by atoms with Crippen molar-refractivity contribution in [2.45, 2.75) is 19.9 Å². The molecule has 1 aliphatic rings. The van der Waals surface area contributed by atoms with E-state index < -0.39 is 0 Å². The molecule has 0 bridgehead atoms. The second-order valence-corrected chi connectivity index (χ2v) is 6.16. The Morgan fingerprint density at radius 3 is 2.63 bits per heavy atom. The molecule has 0 amide bonds. The molecule has 1 aromatic rings. The van der Waals surface area contributed by atoms with Crippen molar-refractivity contribution in [2.24, 2.45) is 0 Å². The van der Waals surface area contributed by atoms with E-state index >= 15 is 0 Å². The van der Waals surface area contributed by atoms with Crippen molar-refractivity contribution < 1.29 is 0 Å². The highest BCUT2D eigenvalue weighted by Gasteiger charge is 2.17. The second kappa shape index (κ2) is 7.27. The zero-order valence-electron chi connectivity index (χ0n) is 12.0. The summed E-state index contributed by atoms with van der Waals surface area (Å²) in [6, 6.07) is 6.64. The molecule has 1 N–H and O–H groups in total. The van der Waals surface area contributed by atoms with Crippen LogP contribution in [0.3, 0.4) is 0 Å². The minimum absolute atomic E-state index is 0.961. The molecule has 0 saturated carbocycles. The number of nitrogens with one attached hydrogen (secondary N) is 1. The fraction of sp³-hybridized carbons (Fsp3) is 0.600. The molecule has 3 nitrogen and oxygen atoms in total. The maximum absolute atomic E-state index is 3.60. The van der Waals surface area contributed by atoms with Crippen molar-refractivity contribution in [2.75, 3.05) is 44.7 Å². The van der Waals surface area contributed by atoms with E-state index in [1.165, 1.54) is 22.1 Å². The second-order valence-electron chi connectivity index (χ2n) is 5.24. The molecule has 0 unspecified atom stereocenters. The van der Waals surface area contributed by atoms with Gasteiger partial charge in [0, 0.05) is 42.9 Å². The van der Waals surface area contributed by atoms with Crippen molar-refractivity contribution in [3.8, 4) is 0 Å². The standard InChI is InChI=1S/C15H24BrN3/c1-3-6-17-12-13-4-5-14(16)11-15(13)19-9-7-18(2)8-10-19/h4-5,11,17H,3,6-10,12H2,1-2H3. The Balaban J connectivity index is 2.10. The number of rotatable bonds is 5. The topological polar surface area (TPSA) is 18.5 Å². The largest absolute Gasteiger partial charge is 0.369 e. The summed E-state index contributed by atoms with van der Waals surface area (Å²) in [4.78, 5) is 4.90. The number of piperazine rings is 1. The summed E-state index contributed by atoms with van der Waals surface area (Å²) in [5.74, 6) is 0. The summed E-state index contributed by atoms with van der Waals surface area (Å²) >= 11 is 3.60. The van der Waals surface area contributed by atoms with Gasteiger partial charge in [-0.15, -0.1) is 0 Å². The summed E-state index contributed by atoms with van der Waals surface area (Å²) in [6.45, 7) is 8.78. The minimum atomic E-state index is 0.961. The molecule has 2 rings (SSSR count). The predicted octanol–water partition coefficient (Wildman–Crippen LogP) is 2.70. The van der Waals surface area contributed by atoms with Crippen LogP contribution in [-0.2, 0) is 6.54 Å². The van der Waals surface area contributed by atoms with Crippen molar-refractivity contribution in [1.29, 1.82) is 0 Å². The van der Waals surface area contributed by atoms with E-state index in [4.69, 9.17) is 0 Å². The molecule has 1 aromatic carbocycles. The lowest BCUT2D eigenvalue weighted by Crippen LogP contribution is -2.45. The Kier molecular flexibility index (Phi) is 5.67. The first-order valence-corrected chi connectivity index (χ1v) is 7.92. The van der Waals surface area contributed by atoms with Gasteiger partial charge in [-0.3, -0.25) is 0 Å². The van der Waals surface area contributed by atoms with Crippen LogP contribution in [0.5, 0.6) is 0 Å². The van der Waals surface area contributed by atoms with E-state index in [1.54, 1.807) is 0 Å². The lowest BCUT2D eigenvalue weighted by Gasteiger charge is -2.35. The molecule has 0 aliphatic carbocycles. The van der Waals surface area contributed by atoms with Crippen LogP contribution in [0, 0.1) is 0 Å². The molecule has 19 heavy (non-hydrogen) atoms. The number of hydrogen-bond donors (Lipinski definition) is 1.